The van der Waals surface area contributed by atoms with E-state index in [-0.39, 0.29) is 0 Å². The number of rotatable bonds is 4. The van der Waals surface area contributed by atoms with Crippen molar-refractivity contribution >= 4 is 7.69 Å². The minimum absolute atomic E-state index is 0.752. The Labute approximate surface area is 73.1 Å². The number of hydrogen-bond donors (Lipinski definition) is 0. The van der Waals surface area contributed by atoms with Crippen LogP contribution in [-0.4, -0.2) is 7.69 Å². The van der Waals surface area contributed by atoms with Crippen molar-refractivity contribution in [3.05, 3.63) is 42.7 Å². The van der Waals surface area contributed by atoms with Gasteiger partial charge in [-0.15, -0.1) is 0 Å². The standard InChI is InChI=1S/C9H10BO2/c1-3-11-10-12-9-6-4-8(2)5-7-9/h3-7H,1H2,2H3. The van der Waals surface area contributed by atoms with Crippen molar-refractivity contribution in [3.8, 4) is 5.75 Å². The zero-order valence-electron chi connectivity index (χ0n) is 6.99. The first-order valence-electron chi connectivity index (χ1n) is 3.64. The van der Waals surface area contributed by atoms with Crippen molar-refractivity contribution in [2.24, 2.45) is 0 Å². The summed E-state index contributed by atoms with van der Waals surface area (Å²) >= 11 is 0. The van der Waals surface area contributed by atoms with Crippen LogP contribution >= 0.6 is 0 Å². The highest BCUT2D eigenvalue weighted by molar-refractivity contribution is 6.19. The molecule has 61 valence electrons. The molecule has 2 nitrogen and oxygen atoms in total. The fourth-order valence-electron chi connectivity index (χ4n) is 0.739. The molecule has 3 heteroatoms. The molecular weight excluding hydrogens is 151 g/mol. The van der Waals surface area contributed by atoms with Crippen LogP contribution in [0.2, 0.25) is 0 Å². The van der Waals surface area contributed by atoms with Gasteiger partial charge in [-0.25, -0.2) is 0 Å². The molecule has 0 amide bonds. The molecule has 0 saturated carbocycles. The summed E-state index contributed by atoms with van der Waals surface area (Å²) in [5.74, 6) is 0.752. The number of aryl methyl sites for hydroxylation is 1. The molecule has 1 aromatic carbocycles. The van der Waals surface area contributed by atoms with E-state index in [1.807, 2.05) is 31.2 Å². The molecule has 0 fully saturated rings. The van der Waals surface area contributed by atoms with Crippen LogP contribution in [0.5, 0.6) is 5.75 Å². The Morgan fingerprint density at radius 1 is 1.33 bits per heavy atom. The van der Waals surface area contributed by atoms with Gasteiger partial charge in [-0.1, -0.05) is 24.3 Å². The Hall–Kier alpha value is -1.38. The van der Waals surface area contributed by atoms with Gasteiger partial charge in [0.15, 0.2) is 0 Å². The van der Waals surface area contributed by atoms with E-state index in [1.165, 1.54) is 19.5 Å². The maximum Gasteiger partial charge on any atom is 0.657 e. The van der Waals surface area contributed by atoms with Gasteiger partial charge in [0.25, 0.3) is 0 Å². The van der Waals surface area contributed by atoms with E-state index in [2.05, 4.69) is 11.2 Å². The lowest BCUT2D eigenvalue weighted by molar-refractivity contribution is 0.413. The Balaban J connectivity index is 2.42. The van der Waals surface area contributed by atoms with Gasteiger partial charge >= 0.3 is 7.69 Å². The van der Waals surface area contributed by atoms with Gasteiger partial charge < -0.3 is 9.31 Å². The quantitative estimate of drug-likeness (QED) is 0.382. The molecule has 0 aliphatic carbocycles. The second-order valence-corrected chi connectivity index (χ2v) is 2.33. The highest BCUT2D eigenvalue weighted by atomic mass is 16.6. The molecule has 0 spiro atoms. The largest absolute Gasteiger partial charge is 0.657 e. The lowest BCUT2D eigenvalue weighted by Gasteiger charge is -2.02. The first-order chi connectivity index (χ1) is 5.83. The highest BCUT2D eigenvalue weighted by Gasteiger charge is 1.95. The SMILES string of the molecule is C=CO[B]Oc1ccc(C)cc1. The first kappa shape index (κ1) is 8.72. The summed E-state index contributed by atoms with van der Waals surface area (Å²) in [4.78, 5) is 0. The van der Waals surface area contributed by atoms with Crippen LogP contribution in [0.15, 0.2) is 37.1 Å². The summed E-state index contributed by atoms with van der Waals surface area (Å²) in [6, 6.07) is 7.69. The Morgan fingerprint density at radius 3 is 2.58 bits per heavy atom. The highest BCUT2D eigenvalue weighted by Crippen LogP contribution is 2.10. The van der Waals surface area contributed by atoms with Crippen LogP contribution in [0.4, 0.5) is 0 Å². The fraction of sp³-hybridized carbons (Fsp3) is 0.111. The molecule has 0 saturated heterocycles. The normalized spacial score (nSPS) is 8.75. The Bertz CT molecular complexity index is 243. The molecule has 1 aromatic rings. The molecule has 0 bridgehead atoms. The van der Waals surface area contributed by atoms with E-state index in [0.717, 1.165) is 5.75 Å². The second kappa shape index (κ2) is 4.49. The molecule has 0 atom stereocenters. The second-order valence-electron chi connectivity index (χ2n) is 2.33. The molecule has 1 rings (SSSR count). The topological polar surface area (TPSA) is 18.5 Å². The van der Waals surface area contributed by atoms with Crippen LogP contribution in [0, 0.1) is 6.92 Å². The zero-order chi connectivity index (χ0) is 8.81. The monoisotopic (exact) mass is 161 g/mol. The van der Waals surface area contributed by atoms with Gasteiger partial charge in [0.2, 0.25) is 0 Å². The van der Waals surface area contributed by atoms with Crippen molar-refractivity contribution in [1.29, 1.82) is 0 Å². The minimum Gasteiger partial charge on any atom is -0.533 e. The van der Waals surface area contributed by atoms with Gasteiger partial charge in [0, 0.05) is 0 Å². The lowest BCUT2D eigenvalue weighted by Crippen LogP contribution is -2.03. The molecule has 1 radical (unpaired) electrons. The van der Waals surface area contributed by atoms with Crippen molar-refractivity contribution in [2.75, 3.05) is 0 Å². The van der Waals surface area contributed by atoms with Gasteiger partial charge in [-0.2, -0.15) is 0 Å². The number of benzene rings is 1. The van der Waals surface area contributed by atoms with Crippen LogP contribution in [-0.2, 0) is 4.65 Å². The third kappa shape index (κ3) is 2.70. The van der Waals surface area contributed by atoms with E-state index in [9.17, 15) is 0 Å². The number of hydrogen-bond acceptors (Lipinski definition) is 2. The Kier molecular flexibility index (Phi) is 3.26. The summed E-state index contributed by atoms with van der Waals surface area (Å²) in [5.41, 5.74) is 1.20. The van der Waals surface area contributed by atoms with E-state index in [1.54, 1.807) is 0 Å². The summed E-state index contributed by atoms with van der Waals surface area (Å²) in [6.07, 6.45) is 1.30. The maximum absolute atomic E-state index is 5.08. The summed E-state index contributed by atoms with van der Waals surface area (Å²) in [5, 5.41) is 0. The third-order valence-corrected chi connectivity index (χ3v) is 1.36. The average molecular weight is 161 g/mol. The van der Waals surface area contributed by atoms with E-state index in [4.69, 9.17) is 4.65 Å². The molecule has 0 unspecified atom stereocenters. The van der Waals surface area contributed by atoms with Crippen molar-refractivity contribution in [2.45, 2.75) is 6.92 Å². The molecule has 12 heavy (non-hydrogen) atoms. The Morgan fingerprint density at radius 2 is 2.00 bits per heavy atom. The maximum atomic E-state index is 5.08. The molecule has 0 aliphatic rings. The van der Waals surface area contributed by atoms with Crippen molar-refractivity contribution in [1.82, 2.24) is 0 Å². The predicted molar refractivity (Wildman–Crippen MR) is 48.8 cm³/mol. The average Bonchev–Trinajstić information content (AvgIpc) is 2.09. The van der Waals surface area contributed by atoms with Gasteiger partial charge in [0.05, 0.1) is 6.26 Å². The molecule has 0 heterocycles. The summed E-state index contributed by atoms with van der Waals surface area (Å²) in [7, 11) is 1.23. The van der Waals surface area contributed by atoms with E-state index < -0.39 is 0 Å². The zero-order valence-corrected chi connectivity index (χ0v) is 6.99. The smallest absolute Gasteiger partial charge is 0.533 e. The van der Waals surface area contributed by atoms with Crippen LogP contribution < -0.4 is 4.65 Å². The van der Waals surface area contributed by atoms with E-state index >= 15 is 0 Å². The molecule has 0 aliphatic heterocycles. The molecule has 0 aromatic heterocycles. The summed E-state index contributed by atoms with van der Waals surface area (Å²) in [6.45, 7) is 5.39. The fourth-order valence-corrected chi connectivity index (χ4v) is 0.739. The molecule has 0 N–H and O–H groups in total. The lowest BCUT2D eigenvalue weighted by atomic mass is 10.2. The molecular formula is C9H10BO2. The van der Waals surface area contributed by atoms with Gasteiger partial charge in [-0.05, 0) is 19.1 Å². The van der Waals surface area contributed by atoms with Gasteiger partial charge in [-0.3, -0.25) is 0 Å². The third-order valence-electron chi connectivity index (χ3n) is 1.36. The van der Waals surface area contributed by atoms with Crippen molar-refractivity contribution in [3.63, 3.8) is 0 Å². The summed E-state index contributed by atoms with van der Waals surface area (Å²) < 4.78 is 9.77. The minimum atomic E-state index is 0.752. The van der Waals surface area contributed by atoms with Crippen molar-refractivity contribution < 1.29 is 9.31 Å². The predicted octanol–water partition coefficient (Wildman–Crippen LogP) is 2.07. The van der Waals surface area contributed by atoms with Crippen LogP contribution in [0.3, 0.4) is 0 Å². The van der Waals surface area contributed by atoms with E-state index in [0.29, 0.717) is 0 Å². The first-order valence-corrected chi connectivity index (χ1v) is 3.64. The van der Waals surface area contributed by atoms with Crippen LogP contribution in [0.1, 0.15) is 5.56 Å². The van der Waals surface area contributed by atoms with Crippen LogP contribution in [0.25, 0.3) is 0 Å². The van der Waals surface area contributed by atoms with Gasteiger partial charge in [0.1, 0.15) is 5.75 Å².